The van der Waals surface area contributed by atoms with Gasteiger partial charge in [0.25, 0.3) is 0 Å². The van der Waals surface area contributed by atoms with E-state index < -0.39 is 29.8 Å². The maximum absolute atomic E-state index is 12.1. The van der Waals surface area contributed by atoms with Crippen LogP contribution >= 0.6 is 0 Å². The van der Waals surface area contributed by atoms with Gasteiger partial charge < -0.3 is 5.11 Å². The van der Waals surface area contributed by atoms with E-state index in [1.165, 1.54) is 0 Å². The number of carbonyl (C=O) groups excluding carboxylic acids is 1. The van der Waals surface area contributed by atoms with E-state index >= 15 is 0 Å². The molecule has 0 aromatic carbocycles. The van der Waals surface area contributed by atoms with Crippen LogP contribution in [0.2, 0.25) is 0 Å². The van der Waals surface area contributed by atoms with Crippen LogP contribution in [-0.2, 0) is 9.59 Å². The quantitative estimate of drug-likeness (QED) is 0.602. The summed E-state index contributed by atoms with van der Waals surface area (Å²) < 4.78 is 82.3. The molecular weight excluding hydrogens is 241 g/mol. The highest BCUT2D eigenvalue weighted by Crippen LogP contribution is 2.46. The Bertz CT molecular complexity index is 291. The largest absolute Gasteiger partial charge is 0.475 e. The lowest BCUT2D eigenvalue weighted by Crippen LogP contribution is -2.57. The SMILES string of the molecule is O=C(O)C(=O)C(F)(F)C(F)(F)C(F)(F)F. The average Bonchev–Trinajstić information content (AvgIpc) is 2.00. The number of rotatable bonds is 3. The molecule has 0 fully saturated rings. The first-order valence-electron chi connectivity index (χ1n) is 2.95. The van der Waals surface area contributed by atoms with Gasteiger partial charge in [-0.1, -0.05) is 0 Å². The Kier molecular flexibility index (Phi) is 3.05. The molecule has 0 unspecified atom stereocenters. The summed E-state index contributed by atoms with van der Waals surface area (Å²) in [5.41, 5.74) is 0. The van der Waals surface area contributed by atoms with Crippen LogP contribution in [0.15, 0.2) is 0 Å². The van der Waals surface area contributed by atoms with Gasteiger partial charge in [0, 0.05) is 0 Å². The molecule has 0 spiro atoms. The van der Waals surface area contributed by atoms with Gasteiger partial charge in [-0.05, 0) is 0 Å². The molecule has 0 aromatic rings. The molecule has 1 N–H and O–H groups in total. The van der Waals surface area contributed by atoms with E-state index in [9.17, 15) is 40.3 Å². The van der Waals surface area contributed by atoms with Crippen molar-refractivity contribution in [1.82, 2.24) is 0 Å². The molecule has 0 radical (unpaired) electrons. The van der Waals surface area contributed by atoms with Gasteiger partial charge in [0.2, 0.25) is 0 Å². The van der Waals surface area contributed by atoms with Crippen molar-refractivity contribution in [2.24, 2.45) is 0 Å². The second-order valence-corrected chi connectivity index (χ2v) is 2.28. The third-order valence-electron chi connectivity index (χ3n) is 1.23. The Labute approximate surface area is 76.5 Å². The van der Waals surface area contributed by atoms with E-state index in [4.69, 9.17) is 5.11 Å². The maximum atomic E-state index is 12.1. The third kappa shape index (κ3) is 2.02. The molecule has 0 aromatic heterocycles. The summed E-state index contributed by atoms with van der Waals surface area (Å²) in [6, 6.07) is 0. The summed E-state index contributed by atoms with van der Waals surface area (Å²) in [6.07, 6.45) is -6.72. The summed E-state index contributed by atoms with van der Waals surface area (Å²) in [4.78, 5) is 19.5. The number of ketones is 1. The van der Waals surface area contributed by atoms with Gasteiger partial charge in [-0.25, -0.2) is 4.79 Å². The Balaban J connectivity index is 5.38. The lowest BCUT2D eigenvalue weighted by Gasteiger charge is -2.25. The third-order valence-corrected chi connectivity index (χ3v) is 1.23. The van der Waals surface area contributed by atoms with E-state index in [1.54, 1.807) is 0 Å². The molecule has 15 heavy (non-hydrogen) atoms. The zero-order valence-electron chi connectivity index (χ0n) is 6.41. The van der Waals surface area contributed by atoms with Crippen molar-refractivity contribution in [2.75, 3.05) is 0 Å². The van der Waals surface area contributed by atoms with Crippen LogP contribution in [0.25, 0.3) is 0 Å². The number of Topliss-reactive ketones (excluding diaryl/α,β-unsaturated/α-hetero) is 1. The second kappa shape index (κ2) is 3.35. The van der Waals surface area contributed by atoms with Crippen molar-refractivity contribution in [2.45, 2.75) is 18.0 Å². The molecule has 0 amide bonds. The summed E-state index contributed by atoms with van der Waals surface area (Å²) >= 11 is 0. The first-order valence-corrected chi connectivity index (χ1v) is 2.95. The second-order valence-electron chi connectivity index (χ2n) is 2.28. The molecule has 0 rings (SSSR count). The van der Waals surface area contributed by atoms with E-state index in [2.05, 4.69) is 0 Å². The van der Waals surface area contributed by atoms with Gasteiger partial charge in [0.15, 0.2) is 0 Å². The monoisotopic (exact) mass is 242 g/mol. The van der Waals surface area contributed by atoms with Crippen molar-refractivity contribution in [3.05, 3.63) is 0 Å². The minimum absolute atomic E-state index is 3.08. The van der Waals surface area contributed by atoms with Crippen LogP contribution in [0.5, 0.6) is 0 Å². The molecule has 0 aliphatic carbocycles. The molecule has 0 atom stereocenters. The predicted octanol–water partition coefficient (Wildman–Crippen LogP) is 1.47. The Hall–Kier alpha value is -1.35. The fraction of sp³-hybridized carbons (Fsp3) is 0.600. The van der Waals surface area contributed by atoms with Gasteiger partial charge in [-0.15, -0.1) is 0 Å². The van der Waals surface area contributed by atoms with Gasteiger partial charge in [-0.2, -0.15) is 30.7 Å². The molecule has 10 heteroatoms. The highest BCUT2D eigenvalue weighted by Gasteiger charge is 2.77. The molecule has 0 saturated heterocycles. The van der Waals surface area contributed by atoms with E-state index in [-0.39, 0.29) is 0 Å². The molecule has 0 aliphatic heterocycles. The Morgan fingerprint density at radius 1 is 0.867 bits per heavy atom. The number of carboxylic acids is 1. The van der Waals surface area contributed by atoms with Crippen molar-refractivity contribution < 1.29 is 45.4 Å². The van der Waals surface area contributed by atoms with E-state index in [1.807, 2.05) is 0 Å². The highest BCUT2D eigenvalue weighted by molar-refractivity contribution is 6.35. The van der Waals surface area contributed by atoms with Crippen molar-refractivity contribution in [3.63, 3.8) is 0 Å². The van der Waals surface area contributed by atoms with Crippen molar-refractivity contribution in [3.8, 4) is 0 Å². The minimum Gasteiger partial charge on any atom is -0.475 e. The molecule has 0 saturated carbocycles. The van der Waals surface area contributed by atoms with Crippen LogP contribution in [0, 0.1) is 0 Å². The number of alkyl halides is 7. The number of carboxylic acid groups (broad SMARTS) is 1. The van der Waals surface area contributed by atoms with Crippen LogP contribution in [-0.4, -0.2) is 34.9 Å². The first kappa shape index (κ1) is 13.7. The molecule has 3 nitrogen and oxygen atoms in total. The fourth-order valence-corrected chi connectivity index (χ4v) is 0.455. The fourth-order valence-electron chi connectivity index (χ4n) is 0.455. The number of carbonyl (C=O) groups is 2. The van der Waals surface area contributed by atoms with Gasteiger partial charge in [-0.3, -0.25) is 4.79 Å². The predicted molar refractivity (Wildman–Crippen MR) is 28.6 cm³/mol. The standard InChI is InChI=1S/C5HF7O3/c6-3(7,1(13)2(14)15)4(8,9)5(10,11)12/h(H,14,15). The lowest BCUT2D eigenvalue weighted by molar-refractivity contribution is -0.343. The lowest BCUT2D eigenvalue weighted by atomic mass is 10.1. The van der Waals surface area contributed by atoms with Gasteiger partial charge in [0.05, 0.1) is 0 Å². The van der Waals surface area contributed by atoms with Crippen LogP contribution in [0.4, 0.5) is 30.7 Å². The number of hydrogen-bond donors (Lipinski definition) is 1. The highest BCUT2D eigenvalue weighted by atomic mass is 19.4. The van der Waals surface area contributed by atoms with Crippen molar-refractivity contribution in [1.29, 1.82) is 0 Å². The van der Waals surface area contributed by atoms with Crippen molar-refractivity contribution >= 4 is 11.8 Å². The smallest absolute Gasteiger partial charge is 0.460 e. The van der Waals surface area contributed by atoms with Crippen LogP contribution in [0.3, 0.4) is 0 Å². The topological polar surface area (TPSA) is 54.4 Å². The van der Waals surface area contributed by atoms with E-state index in [0.717, 1.165) is 0 Å². The molecule has 88 valence electrons. The summed E-state index contributed by atoms with van der Waals surface area (Å²) in [5, 5.41) is 7.62. The zero-order chi connectivity index (χ0) is 12.7. The summed E-state index contributed by atoms with van der Waals surface area (Å²) in [5.74, 6) is -19.7. The Morgan fingerprint density at radius 3 is 1.40 bits per heavy atom. The first-order chi connectivity index (χ1) is 6.35. The molecule has 0 heterocycles. The van der Waals surface area contributed by atoms with Gasteiger partial charge >= 0.3 is 29.8 Å². The van der Waals surface area contributed by atoms with E-state index in [0.29, 0.717) is 0 Å². The van der Waals surface area contributed by atoms with Gasteiger partial charge in [0.1, 0.15) is 0 Å². The summed E-state index contributed by atoms with van der Waals surface area (Å²) in [6.45, 7) is 0. The number of halogens is 7. The van der Waals surface area contributed by atoms with Crippen LogP contribution < -0.4 is 0 Å². The number of aliphatic carboxylic acids is 1. The summed E-state index contributed by atoms with van der Waals surface area (Å²) in [7, 11) is 0. The molecule has 0 aliphatic rings. The molecular formula is C5HF7O3. The minimum atomic E-state index is -6.73. The average molecular weight is 242 g/mol. The number of hydrogen-bond acceptors (Lipinski definition) is 2. The Morgan fingerprint density at radius 2 is 1.20 bits per heavy atom. The maximum Gasteiger partial charge on any atom is 0.460 e. The normalized spacial score (nSPS) is 13.8. The van der Waals surface area contributed by atoms with Crippen LogP contribution in [0.1, 0.15) is 0 Å². The zero-order valence-corrected chi connectivity index (χ0v) is 6.41. The molecule has 0 bridgehead atoms.